The summed E-state index contributed by atoms with van der Waals surface area (Å²) in [7, 11) is -0.474. The topological polar surface area (TPSA) is 100 Å². The van der Waals surface area contributed by atoms with Gasteiger partial charge in [0.25, 0.3) is 5.91 Å². The maximum absolute atomic E-state index is 12.1. The summed E-state index contributed by atoms with van der Waals surface area (Å²) in [6, 6.07) is 14.0. The molecular formula is C19H22NO7P. The molecule has 1 N–H and O–H groups in total. The van der Waals surface area contributed by atoms with E-state index in [0.29, 0.717) is 29.4 Å². The van der Waals surface area contributed by atoms with Crippen molar-refractivity contribution in [1.29, 1.82) is 0 Å². The van der Waals surface area contributed by atoms with Gasteiger partial charge in [0.2, 0.25) is 6.29 Å². The molecule has 0 radical (unpaired) electrons. The highest BCUT2D eigenvalue weighted by molar-refractivity contribution is 7.53. The number of hydrogen-bond donors (Lipinski definition) is 1. The van der Waals surface area contributed by atoms with Crippen LogP contribution in [0, 0.1) is 0 Å². The number of carbonyl (C=O) groups is 2. The zero-order valence-electron chi connectivity index (χ0n) is 15.6. The van der Waals surface area contributed by atoms with Crippen molar-refractivity contribution in [3.63, 3.8) is 0 Å². The van der Waals surface area contributed by atoms with Crippen molar-refractivity contribution in [1.82, 2.24) is 0 Å². The number of para-hydroxylation sites is 1. The van der Waals surface area contributed by atoms with Gasteiger partial charge in [0.15, 0.2) is 0 Å². The van der Waals surface area contributed by atoms with Crippen LogP contribution in [0.25, 0.3) is 0 Å². The molecule has 0 spiro atoms. The molecule has 0 saturated heterocycles. The molecule has 8 nitrogen and oxygen atoms in total. The second-order valence-corrected chi connectivity index (χ2v) is 7.98. The first kappa shape index (κ1) is 21.6. The third-order valence-corrected chi connectivity index (χ3v) is 5.66. The van der Waals surface area contributed by atoms with Crippen LogP contribution in [0.1, 0.15) is 6.42 Å². The molecule has 9 heteroatoms. The van der Waals surface area contributed by atoms with Crippen molar-refractivity contribution in [2.75, 3.05) is 32.3 Å². The molecule has 0 heterocycles. The largest absolute Gasteiger partial charge is 0.491 e. The SMILES string of the molecule is COP(=O)(CCCOc1cc(Oc2ccccc2)ccc1NC(=O)C=O)OC. The number of ether oxygens (including phenoxy) is 2. The second kappa shape index (κ2) is 10.6. The summed E-state index contributed by atoms with van der Waals surface area (Å²) in [6.07, 6.45) is 0.742. The Balaban J connectivity index is 2.10. The lowest BCUT2D eigenvalue weighted by atomic mass is 10.2. The minimum Gasteiger partial charge on any atom is -0.491 e. The molecule has 28 heavy (non-hydrogen) atoms. The number of rotatable bonds is 11. The van der Waals surface area contributed by atoms with Crippen LogP contribution in [-0.2, 0) is 23.2 Å². The van der Waals surface area contributed by atoms with Gasteiger partial charge in [-0.15, -0.1) is 0 Å². The average Bonchev–Trinajstić information content (AvgIpc) is 2.73. The van der Waals surface area contributed by atoms with Crippen LogP contribution >= 0.6 is 7.60 Å². The second-order valence-electron chi connectivity index (χ2n) is 5.58. The summed E-state index contributed by atoms with van der Waals surface area (Å²) in [6.45, 7) is 0.190. The fraction of sp³-hybridized carbons (Fsp3) is 0.263. The molecule has 0 aromatic heterocycles. The standard InChI is InChI=1S/C19H22NO7P/c1-24-28(23,25-2)12-6-11-26-18-13-16(27-15-7-4-3-5-8-15)9-10-17(18)20-19(22)14-21/h3-5,7-10,13-14H,6,11-12H2,1-2H3,(H,20,22). The number of amides is 1. The summed E-state index contributed by atoms with van der Waals surface area (Å²) in [5.74, 6) is 0.641. The minimum atomic E-state index is -3.12. The fourth-order valence-electron chi connectivity index (χ4n) is 2.27. The molecule has 0 saturated carbocycles. The first-order valence-electron chi connectivity index (χ1n) is 8.46. The zero-order chi connectivity index (χ0) is 20.4. The molecule has 1 amide bonds. The van der Waals surface area contributed by atoms with Gasteiger partial charge in [0.1, 0.15) is 17.2 Å². The number of aldehydes is 1. The number of hydrogen-bond acceptors (Lipinski definition) is 7. The summed E-state index contributed by atoms with van der Waals surface area (Å²) >= 11 is 0. The molecule has 0 aliphatic rings. The zero-order valence-corrected chi connectivity index (χ0v) is 16.5. The molecule has 0 aliphatic carbocycles. The Labute approximate surface area is 163 Å². The van der Waals surface area contributed by atoms with Crippen molar-refractivity contribution in [3.8, 4) is 17.2 Å². The molecule has 0 atom stereocenters. The van der Waals surface area contributed by atoms with Gasteiger partial charge in [-0.25, -0.2) is 0 Å². The molecule has 0 fully saturated rings. The van der Waals surface area contributed by atoms with Gasteiger partial charge in [-0.3, -0.25) is 14.2 Å². The van der Waals surface area contributed by atoms with Gasteiger partial charge in [0.05, 0.1) is 18.5 Å². The monoisotopic (exact) mass is 407 g/mol. The Hall–Kier alpha value is -2.67. The molecule has 150 valence electrons. The Morgan fingerprint density at radius 3 is 2.43 bits per heavy atom. The predicted octanol–water partition coefficient (Wildman–Crippen LogP) is 3.87. The number of benzene rings is 2. The van der Waals surface area contributed by atoms with E-state index < -0.39 is 13.5 Å². The van der Waals surface area contributed by atoms with Gasteiger partial charge >= 0.3 is 7.60 Å². The molecule has 0 bridgehead atoms. The van der Waals surface area contributed by atoms with E-state index in [2.05, 4.69) is 5.32 Å². The lowest BCUT2D eigenvalue weighted by molar-refractivity contribution is -0.127. The molecule has 2 aromatic carbocycles. The van der Waals surface area contributed by atoms with Gasteiger partial charge in [-0.05, 0) is 30.7 Å². The van der Waals surface area contributed by atoms with E-state index in [4.69, 9.17) is 18.5 Å². The lowest BCUT2D eigenvalue weighted by Gasteiger charge is -2.16. The quantitative estimate of drug-likeness (QED) is 0.261. The highest BCUT2D eigenvalue weighted by Crippen LogP contribution is 2.46. The third-order valence-electron chi connectivity index (χ3n) is 3.69. The average molecular weight is 407 g/mol. The highest BCUT2D eigenvalue weighted by atomic mass is 31.2. The van der Waals surface area contributed by atoms with Crippen LogP contribution in [0.2, 0.25) is 0 Å². The smallest absolute Gasteiger partial charge is 0.330 e. The Morgan fingerprint density at radius 2 is 1.79 bits per heavy atom. The normalized spacial score (nSPS) is 10.9. The van der Waals surface area contributed by atoms with Crippen molar-refractivity contribution in [3.05, 3.63) is 48.5 Å². The molecule has 0 aliphatic heterocycles. The summed E-state index contributed by atoms with van der Waals surface area (Å²) in [5.41, 5.74) is 0.319. The van der Waals surface area contributed by atoms with Crippen LogP contribution in [0.3, 0.4) is 0 Å². The number of anilines is 1. The van der Waals surface area contributed by atoms with Crippen LogP contribution in [0.5, 0.6) is 17.2 Å². The van der Waals surface area contributed by atoms with E-state index >= 15 is 0 Å². The summed E-state index contributed by atoms with van der Waals surface area (Å²) in [5, 5.41) is 2.44. The van der Waals surface area contributed by atoms with Crippen LogP contribution in [0.15, 0.2) is 48.5 Å². The van der Waals surface area contributed by atoms with Crippen LogP contribution < -0.4 is 14.8 Å². The lowest BCUT2D eigenvalue weighted by Crippen LogP contribution is -2.13. The fourth-order valence-corrected chi connectivity index (χ4v) is 3.30. The maximum atomic E-state index is 12.1. The minimum absolute atomic E-state index is 0.172. The van der Waals surface area contributed by atoms with Gasteiger partial charge < -0.3 is 23.8 Å². The Bertz CT molecular complexity index is 833. The van der Waals surface area contributed by atoms with Crippen LogP contribution in [-0.4, -0.2) is 39.2 Å². The van der Waals surface area contributed by atoms with Crippen molar-refractivity contribution >= 4 is 25.5 Å². The van der Waals surface area contributed by atoms with Crippen molar-refractivity contribution in [2.45, 2.75) is 6.42 Å². The van der Waals surface area contributed by atoms with E-state index in [1.54, 1.807) is 30.3 Å². The molecular weight excluding hydrogens is 385 g/mol. The van der Waals surface area contributed by atoms with E-state index in [9.17, 15) is 14.2 Å². The van der Waals surface area contributed by atoms with Gasteiger partial charge in [-0.1, -0.05) is 18.2 Å². The molecule has 0 unspecified atom stereocenters. The third kappa shape index (κ3) is 6.49. The van der Waals surface area contributed by atoms with Gasteiger partial charge in [0, 0.05) is 20.3 Å². The number of nitrogens with one attached hydrogen (secondary N) is 1. The van der Waals surface area contributed by atoms with E-state index in [1.165, 1.54) is 14.2 Å². The first-order chi connectivity index (χ1) is 13.5. The van der Waals surface area contributed by atoms with Crippen molar-refractivity contribution < 1.29 is 32.7 Å². The molecule has 2 rings (SSSR count). The van der Waals surface area contributed by atoms with Gasteiger partial charge in [-0.2, -0.15) is 0 Å². The van der Waals surface area contributed by atoms with E-state index in [0.717, 1.165) is 0 Å². The Kier molecular flexibility index (Phi) is 8.19. The molecule has 2 aromatic rings. The van der Waals surface area contributed by atoms with Crippen molar-refractivity contribution in [2.24, 2.45) is 0 Å². The Morgan fingerprint density at radius 1 is 1.07 bits per heavy atom. The van der Waals surface area contributed by atoms with Crippen LogP contribution in [0.4, 0.5) is 5.69 Å². The maximum Gasteiger partial charge on any atom is 0.330 e. The van der Waals surface area contributed by atoms with E-state index in [-0.39, 0.29) is 19.1 Å². The predicted molar refractivity (Wildman–Crippen MR) is 104 cm³/mol. The van der Waals surface area contributed by atoms with E-state index in [1.807, 2.05) is 18.2 Å². The number of carbonyl (C=O) groups excluding carboxylic acids is 2. The highest BCUT2D eigenvalue weighted by Gasteiger charge is 2.20. The first-order valence-corrected chi connectivity index (χ1v) is 10.2. The summed E-state index contributed by atoms with van der Waals surface area (Å²) in [4.78, 5) is 22.0. The summed E-state index contributed by atoms with van der Waals surface area (Å²) < 4.78 is 33.3.